The first-order valence-corrected chi connectivity index (χ1v) is 4.75. The van der Waals surface area contributed by atoms with Crippen molar-refractivity contribution in [2.45, 2.75) is 38.6 Å². The lowest BCUT2D eigenvalue weighted by Gasteiger charge is -2.23. The first-order valence-electron chi connectivity index (χ1n) is 4.75. The lowest BCUT2D eigenvalue weighted by molar-refractivity contribution is -0.435. The molecule has 0 aromatic heterocycles. The number of rotatable bonds is 2. The van der Waals surface area contributed by atoms with E-state index < -0.39 is 0 Å². The number of hydrogen-bond acceptors (Lipinski definition) is 2. The molecule has 1 aliphatic rings. The zero-order valence-corrected chi connectivity index (χ0v) is 7.71. The minimum absolute atomic E-state index is 0.0443. The number of esters is 1. The number of carbonyl (C=O) groups is 1. The van der Waals surface area contributed by atoms with Crippen LogP contribution in [0.15, 0.2) is 0 Å². The van der Waals surface area contributed by atoms with Crippen molar-refractivity contribution in [3.05, 3.63) is 0 Å². The monoisotopic (exact) mass is 172 g/mol. The predicted octanol–water partition coefficient (Wildman–Crippen LogP) is 0.350. The Hall–Kier alpha value is -0.570. The van der Waals surface area contributed by atoms with Crippen LogP contribution >= 0.6 is 0 Å². The second-order valence-corrected chi connectivity index (χ2v) is 3.40. The van der Waals surface area contributed by atoms with Gasteiger partial charge in [-0.1, -0.05) is 6.42 Å². The topological polar surface area (TPSA) is 53.9 Å². The molecule has 0 heterocycles. The highest BCUT2D eigenvalue weighted by molar-refractivity contribution is 5.73. The smallest absolute Gasteiger partial charge is 0.314 e. The molecule has 0 radical (unpaired) electrons. The number of hydrogen-bond donors (Lipinski definition) is 1. The summed E-state index contributed by atoms with van der Waals surface area (Å²) in [5, 5.41) is 0. The molecule has 0 aromatic carbocycles. The van der Waals surface area contributed by atoms with Gasteiger partial charge in [-0.05, 0) is 19.8 Å². The van der Waals surface area contributed by atoms with Crippen molar-refractivity contribution in [1.29, 1.82) is 0 Å². The van der Waals surface area contributed by atoms with E-state index in [1.807, 2.05) is 6.92 Å². The van der Waals surface area contributed by atoms with Gasteiger partial charge in [-0.15, -0.1) is 0 Å². The second-order valence-electron chi connectivity index (χ2n) is 3.40. The van der Waals surface area contributed by atoms with Crippen molar-refractivity contribution in [3.63, 3.8) is 0 Å². The summed E-state index contributed by atoms with van der Waals surface area (Å²) in [5.41, 5.74) is 3.98. The maximum Gasteiger partial charge on any atom is 0.314 e. The lowest BCUT2D eigenvalue weighted by Crippen LogP contribution is -2.66. The van der Waals surface area contributed by atoms with Gasteiger partial charge in [0.05, 0.1) is 12.6 Å². The van der Waals surface area contributed by atoms with E-state index in [4.69, 9.17) is 4.74 Å². The van der Waals surface area contributed by atoms with Crippen LogP contribution in [-0.4, -0.2) is 18.6 Å². The molecule has 0 amide bonds. The van der Waals surface area contributed by atoms with E-state index >= 15 is 0 Å². The van der Waals surface area contributed by atoms with Gasteiger partial charge in [0, 0.05) is 6.42 Å². The van der Waals surface area contributed by atoms with E-state index in [1.165, 1.54) is 6.42 Å². The van der Waals surface area contributed by atoms with Gasteiger partial charge < -0.3 is 10.5 Å². The summed E-state index contributed by atoms with van der Waals surface area (Å²) in [6, 6.07) is 0.276. The predicted molar refractivity (Wildman–Crippen MR) is 45.3 cm³/mol. The highest BCUT2D eigenvalue weighted by Gasteiger charge is 2.31. The molecule has 0 bridgehead atoms. The van der Waals surface area contributed by atoms with Crippen molar-refractivity contribution in [2.75, 3.05) is 6.61 Å². The van der Waals surface area contributed by atoms with Gasteiger partial charge in [-0.3, -0.25) is 4.79 Å². The molecule has 70 valence electrons. The molecule has 1 fully saturated rings. The highest BCUT2D eigenvalue weighted by atomic mass is 16.5. The number of carbonyl (C=O) groups excluding carboxylic acids is 1. The Kier molecular flexibility index (Phi) is 3.53. The Labute approximate surface area is 73.3 Å². The largest absolute Gasteiger partial charge is 0.466 e. The zero-order chi connectivity index (χ0) is 8.97. The first-order chi connectivity index (χ1) is 5.75. The van der Waals surface area contributed by atoms with Crippen LogP contribution in [0.1, 0.15) is 32.6 Å². The molecule has 3 nitrogen and oxygen atoms in total. The summed E-state index contributed by atoms with van der Waals surface area (Å²) in [5.74, 6) is 0.0240. The molecule has 0 aliphatic heterocycles. The van der Waals surface area contributed by atoms with Crippen LogP contribution in [0, 0.1) is 5.92 Å². The van der Waals surface area contributed by atoms with Crippen molar-refractivity contribution < 1.29 is 15.3 Å². The maximum atomic E-state index is 11.3. The quantitative estimate of drug-likeness (QED) is 0.611. The zero-order valence-electron chi connectivity index (χ0n) is 7.71. The fraction of sp³-hybridized carbons (Fsp3) is 0.889. The van der Waals surface area contributed by atoms with E-state index in [-0.39, 0.29) is 17.9 Å². The van der Waals surface area contributed by atoms with Crippen LogP contribution in [-0.2, 0) is 9.53 Å². The molecule has 12 heavy (non-hydrogen) atoms. The summed E-state index contributed by atoms with van der Waals surface area (Å²) >= 11 is 0. The average molecular weight is 172 g/mol. The van der Waals surface area contributed by atoms with Crippen LogP contribution in [0.25, 0.3) is 0 Å². The van der Waals surface area contributed by atoms with E-state index in [2.05, 4.69) is 5.73 Å². The third kappa shape index (κ3) is 2.21. The molecule has 3 N–H and O–H groups in total. The Bertz CT molecular complexity index is 159. The molecule has 1 rings (SSSR count). The molecule has 1 saturated carbocycles. The number of ether oxygens (including phenoxy) is 1. The number of quaternary nitrogens is 1. The molecule has 3 heteroatoms. The second kappa shape index (κ2) is 4.45. The van der Waals surface area contributed by atoms with Gasteiger partial charge in [-0.2, -0.15) is 0 Å². The minimum Gasteiger partial charge on any atom is -0.466 e. The van der Waals surface area contributed by atoms with Gasteiger partial charge in [0.15, 0.2) is 0 Å². The molecule has 0 spiro atoms. The van der Waals surface area contributed by atoms with Gasteiger partial charge >= 0.3 is 5.97 Å². The Morgan fingerprint density at radius 1 is 1.50 bits per heavy atom. The van der Waals surface area contributed by atoms with Crippen LogP contribution in [0.4, 0.5) is 0 Å². The van der Waals surface area contributed by atoms with Crippen molar-refractivity contribution >= 4 is 5.97 Å². The molecule has 0 unspecified atom stereocenters. The van der Waals surface area contributed by atoms with Crippen LogP contribution in [0.2, 0.25) is 0 Å². The third-order valence-corrected chi connectivity index (χ3v) is 2.50. The van der Waals surface area contributed by atoms with E-state index in [0.29, 0.717) is 6.61 Å². The van der Waals surface area contributed by atoms with Crippen molar-refractivity contribution in [1.82, 2.24) is 0 Å². The maximum absolute atomic E-state index is 11.3. The summed E-state index contributed by atoms with van der Waals surface area (Å²) in [4.78, 5) is 11.3. The fourth-order valence-electron chi connectivity index (χ4n) is 1.77. The third-order valence-electron chi connectivity index (χ3n) is 2.50. The molecule has 0 aromatic rings. The fourth-order valence-corrected chi connectivity index (χ4v) is 1.77. The van der Waals surface area contributed by atoms with Gasteiger partial charge in [0.25, 0.3) is 0 Å². The standard InChI is InChI=1S/C9H17NO2/c1-2-12-9(11)7-5-3-4-6-8(7)10/h7-8H,2-6,10H2,1H3/p+1/t7-,8+/m1/s1. The summed E-state index contributed by atoms with van der Waals surface area (Å²) in [6.07, 6.45) is 4.40. The highest BCUT2D eigenvalue weighted by Crippen LogP contribution is 2.22. The van der Waals surface area contributed by atoms with E-state index in [1.54, 1.807) is 0 Å². The summed E-state index contributed by atoms with van der Waals surface area (Å²) in [6.45, 7) is 2.33. The van der Waals surface area contributed by atoms with E-state index in [0.717, 1.165) is 19.3 Å². The van der Waals surface area contributed by atoms with Gasteiger partial charge in [-0.25, -0.2) is 0 Å². The molecular formula is C9H18NO2+. The normalized spacial score (nSPS) is 29.8. The summed E-state index contributed by atoms with van der Waals surface area (Å²) in [7, 11) is 0. The van der Waals surface area contributed by atoms with Crippen molar-refractivity contribution in [3.8, 4) is 0 Å². The summed E-state index contributed by atoms with van der Waals surface area (Å²) < 4.78 is 4.97. The van der Waals surface area contributed by atoms with Crippen molar-refractivity contribution in [2.24, 2.45) is 5.92 Å². The molecule has 0 saturated heterocycles. The minimum atomic E-state index is -0.0443. The Morgan fingerprint density at radius 2 is 2.17 bits per heavy atom. The average Bonchev–Trinajstić information content (AvgIpc) is 2.05. The van der Waals surface area contributed by atoms with Crippen LogP contribution in [0.3, 0.4) is 0 Å². The molecule has 2 atom stereocenters. The van der Waals surface area contributed by atoms with Gasteiger partial charge in [0.1, 0.15) is 5.92 Å². The first kappa shape index (κ1) is 9.52. The van der Waals surface area contributed by atoms with Crippen LogP contribution < -0.4 is 5.73 Å². The van der Waals surface area contributed by atoms with E-state index in [9.17, 15) is 4.79 Å². The van der Waals surface area contributed by atoms with Gasteiger partial charge in [0.2, 0.25) is 0 Å². The Balaban J connectivity index is 2.42. The molecular weight excluding hydrogens is 154 g/mol. The Morgan fingerprint density at radius 3 is 2.75 bits per heavy atom. The molecule has 1 aliphatic carbocycles. The lowest BCUT2D eigenvalue weighted by atomic mass is 9.85. The SMILES string of the molecule is CCOC(=O)[C@@H]1CCCC[C@@H]1[NH3+]. The van der Waals surface area contributed by atoms with Crippen LogP contribution in [0.5, 0.6) is 0 Å².